The third-order valence-electron chi connectivity index (χ3n) is 1.18. The van der Waals surface area contributed by atoms with E-state index in [-0.39, 0.29) is 68.2 Å². The van der Waals surface area contributed by atoms with Gasteiger partial charge in [-0.15, -0.1) is 0 Å². The number of aromatic nitrogens is 2. The van der Waals surface area contributed by atoms with Crippen LogP contribution < -0.4 is 51.4 Å². The summed E-state index contributed by atoms with van der Waals surface area (Å²) in [5.74, 6) is 0.436. The van der Waals surface area contributed by atoms with E-state index in [9.17, 15) is 4.79 Å². The van der Waals surface area contributed by atoms with Crippen LogP contribution >= 0.6 is 0 Å². The zero-order valence-corrected chi connectivity index (χ0v) is 11.3. The van der Waals surface area contributed by atoms with Crippen LogP contribution in [-0.2, 0) is 10.2 Å². The Labute approximate surface area is 119 Å². The summed E-state index contributed by atoms with van der Waals surface area (Å²) in [6.07, 6.45) is 1.53. The number of hydrogen-bond acceptors (Lipinski definition) is 5. The number of hydrogen-bond donors (Lipinski definition) is 0. The Morgan fingerprint density at radius 2 is 1.92 bits per heavy atom. The predicted octanol–water partition coefficient (Wildman–Crippen LogP) is -2.35. The third kappa shape index (κ3) is 4.43. The van der Waals surface area contributed by atoms with E-state index in [4.69, 9.17) is 0 Å². The van der Waals surface area contributed by atoms with Gasteiger partial charge < -0.3 is 14.8 Å². The van der Waals surface area contributed by atoms with Crippen LogP contribution in [0.3, 0.4) is 0 Å². The van der Waals surface area contributed by atoms with Crippen LogP contribution in [0.4, 0.5) is 0 Å². The number of carbonyl (C=O) groups excluding carboxylic acids is 1. The fourth-order valence-electron chi connectivity index (χ4n) is 0.570. The maximum Gasteiger partial charge on any atom is 1.00 e. The van der Waals surface area contributed by atoms with Crippen molar-refractivity contribution < 1.29 is 66.2 Å². The normalized spacial score (nSPS) is 9.77. The van der Waals surface area contributed by atoms with Gasteiger partial charge in [-0.1, -0.05) is 25.9 Å². The van der Waals surface area contributed by atoms with Crippen molar-refractivity contribution in [3.8, 4) is 0 Å². The summed E-state index contributed by atoms with van der Waals surface area (Å²) in [4.78, 5) is 13.8. The average Bonchev–Trinajstić information content (AvgIpc) is 2.32. The van der Waals surface area contributed by atoms with Crippen LogP contribution in [0.5, 0.6) is 0 Å². The van der Waals surface area contributed by atoms with Crippen LogP contribution in [0, 0.1) is 0 Å². The van der Waals surface area contributed by atoms with Crippen LogP contribution in [0.15, 0.2) is 4.52 Å². The second-order valence-electron chi connectivity index (χ2n) is 3.28. The van der Waals surface area contributed by atoms with Gasteiger partial charge in [0.05, 0.1) is 0 Å². The van der Waals surface area contributed by atoms with Crippen molar-refractivity contribution in [1.29, 1.82) is 0 Å². The molecule has 0 spiro atoms. The monoisotopic (exact) mass is 209 g/mol. The topological polar surface area (TPSA) is 86.0 Å². The van der Waals surface area contributed by atoms with Crippen LogP contribution in [0.1, 0.15) is 32.5 Å². The van der Waals surface area contributed by atoms with Gasteiger partial charge in [0.1, 0.15) is 5.89 Å². The molecule has 0 aromatic carbocycles. The molecule has 0 amide bonds. The van der Waals surface area contributed by atoms with Crippen LogP contribution in [0.2, 0.25) is 0 Å². The van der Waals surface area contributed by atoms with E-state index >= 15 is 0 Å². The molecule has 13 heavy (non-hydrogen) atoms. The first kappa shape index (κ1) is 15.9. The Hall–Kier alpha value is 0.406. The summed E-state index contributed by atoms with van der Waals surface area (Å²) in [5.41, 5.74) is -0.182. The molecule has 1 aromatic heterocycles. The van der Waals surface area contributed by atoms with Crippen molar-refractivity contribution in [2.24, 2.45) is 0 Å². The molecule has 0 aliphatic rings. The Balaban J connectivity index is 0. The molecule has 0 aliphatic heterocycles. The van der Waals surface area contributed by atoms with Crippen molar-refractivity contribution in [2.45, 2.75) is 26.2 Å². The maximum absolute atomic E-state index is 10.0. The average molecular weight is 209 g/mol. The second-order valence-corrected chi connectivity index (χ2v) is 3.28. The predicted molar refractivity (Wildman–Crippen MR) is 39.7 cm³/mol. The molecule has 5 nitrogen and oxygen atoms in total. The van der Waals surface area contributed by atoms with Gasteiger partial charge in [-0.2, -0.15) is 6.29 Å². The molecule has 0 saturated carbocycles. The SMILES string of the molecule is CC(C)(C)c1noc([C-]=O)n1.[K+].[OH-]. The van der Waals surface area contributed by atoms with Crippen molar-refractivity contribution >= 4 is 6.29 Å². The molecule has 0 atom stereocenters. The summed E-state index contributed by atoms with van der Waals surface area (Å²) in [6, 6.07) is 0. The minimum atomic E-state index is -0.182. The summed E-state index contributed by atoms with van der Waals surface area (Å²) in [6.45, 7) is 5.81. The van der Waals surface area contributed by atoms with Gasteiger partial charge in [0, 0.05) is 5.41 Å². The van der Waals surface area contributed by atoms with Gasteiger partial charge in [-0.05, 0) is 0 Å². The molecule has 0 radical (unpaired) electrons. The molecule has 1 aromatic rings. The van der Waals surface area contributed by atoms with E-state index in [2.05, 4.69) is 14.7 Å². The largest absolute Gasteiger partial charge is 1.00 e. The van der Waals surface area contributed by atoms with Crippen molar-refractivity contribution in [3.05, 3.63) is 11.7 Å². The van der Waals surface area contributed by atoms with Gasteiger partial charge >= 0.3 is 51.4 Å². The molecule has 1 N–H and O–H groups in total. The summed E-state index contributed by atoms with van der Waals surface area (Å²) in [5, 5.41) is 3.61. The molecule has 0 aliphatic carbocycles. The molecular formula is C7H10KN2O3-. The van der Waals surface area contributed by atoms with Gasteiger partial charge in [0.15, 0.2) is 5.82 Å². The fraction of sp³-hybridized carbons (Fsp3) is 0.571. The molecule has 68 valence electrons. The second kappa shape index (κ2) is 6.00. The quantitative estimate of drug-likeness (QED) is 0.382. The van der Waals surface area contributed by atoms with Gasteiger partial charge in [0.2, 0.25) is 0 Å². The van der Waals surface area contributed by atoms with Gasteiger partial charge in [-0.3, -0.25) is 0 Å². The molecule has 1 rings (SSSR count). The molecule has 0 saturated heterocycles. The standard InChI is InChI=1S/C7H9N2O2.K.H2O/c1-7(2,3)6-8-5(4-10)11-9-6;;/h1-3H3;;1H2/q-1;+1;/p-1. The smallest absolute Gasteiger partial charge is 0.870 e. The Bertz CT molecular complexity index is 267. The van der Waals surface area contributed by atoms with Crippen molar-refractivity contribution in [3.63, 3.8) is 0 Å². The Morgan fingerprint density at radius 1 is 1.38 bits per heavy atom. The van der Waals surface area contributed by atoms with Gasteiger partial charge in [0.25, 0.3) is 0 Å². The van der Waals surface area contributed by atoms with Crippen molar-refractivity contribution in [2.75, 3.05) is 0 Å². The fourth-order valence-corrected chi connectivity index (χ4v) is 0.570. The Kier molecular flexibility index (Phi) is 7.32. The van der Waals surface area contributed by atoms with Crippen LogP contribution in [0.25, 0.3) is 0 Å². The van der Waals surface area contributed by atoms with E-state index in [0.29, 0.717) is 5.82 Å². The molecular weight excluding hydrogens is 199 g/mol. The molecule has 0 unspecified atom stereocenters. The van der Waals surface area contributed by atoms with E-state index < -0.39 is 0 Å². The number of rotatable bonds is 1. The minimum Gasteiger partial charge on any atom is -0.870 e. The summed E-state index contributed by atoms with van der Waals surface area (Å²) < 4.78 is 4.56. The molecule has 0 bridgehead atoms. The third-order valence-corrected chi connectivity index (χ3v) is 1.18. The number of nitrogens with zero attached hydrogens (tertiary/aromatic N) is 2. The van der Waals surface area contributed by atoms with Gasteiger partial charge in [-0.25, -0.2) is 4.98 Å². The van der Waals surface area contributed by atoms with Crippen LogP contribution in [-0.4, -0.2) is 21.9 Å². The minimum absolute atomic E-state index is 0. The van der Waals surface area contributed by atoms with Crippen molar-refractivity contribution in [1.82, 2.24) is 10.1 Å². The maximum atomic E-state index is 10.0. The van der Waals surface area contributed by atoms with E-state index in [1.54, 1.807) is 0 Å². The first-order valence-corrected chi connectivity index (χ1v) is 3.26. The first-order chi connectivity index (χ1) is 5.04. The molecule has 6 heteroatoms. The Morgan fingerprint density at radius 3 is 2.15 bits per heavy atom. The summed E-state index contributed by atoms with van der Waals surface area (Å²) >= 11 is 0. The van der Waals surface area contributed by atoms with E-state index in [1.165, 1.54) is 6.29 Å². The zero-order chi connectivity index (χ0) is 8.48. The van der Waals surface area contributed by atoms with E-state index in [1.807, 2.05) is 20.8 Å². The zero-order valence-electron chi connectivity index (χ0n) is 8.16. The molecule has 0 fully saturated rings. The van der Waals surface area contributed by atoms with E-state index in [0.717, 1.165) is 0 Å². The molecule has 1 heterocycles. The summed E-state index contributed by atoms with van der Waals surface area (Å²) in [7, 11) is 0. The first-order valence-electron chi connectivity index (χ1n) is 3.26.